The molecule has 22 heavy (non-hydrogen) atoms. The summed E-state index contributed by atoms with van der Waals surface area (Å²) < 4.78 is 5.42. The summed E-state index contributed by atoms with van der Waals surface area (Å²) in [5.74, 6) is -0.986. The lowest BCUT2D eigenvalue weighted by Gasteiger charge is -2.32. The number of carbonyl (C=O) groups is 2. The van der Waals surface area contributed by atoms with Gasteiger partial charge in [-0.1, -0.05) is 36.4 Å². The van der Waals surface area contributed by atoms with Crippen molar-refractivity contribution in [3.63, 3.8) is 0 Å². The number of amides is 1. The Bertz CT molecular complexity index is 707. The van der Waals surface area contributed by atoms with Crippen LogP contribution in [0.25, 0.3) is 10.8 Å². The van der Waals surface area contributed by atoms with Crippen LogP contribution in [0.2, 0.25) is 0 Å². The molecule has 5 nitrogen and oxygen atoms in total. The lowest BCUT2D eigenvalue weighted by molar-refractivity contribution is -0.141. The second-order valence-corrected chi connectivity index (χ2v) is 5.37. The van der Waals surface area contributed by atoms with E-state index in [2.05, 4.69) is 0 Å². The molecule has 0 radical (unpaired) electrons. The van der Waals surface area contributed by atoms with Crippen molar-refractivity contribution in [2.45, 2.75) is 12.5 Å². The number of aliphatic carboxylic acids is 1. The van der Waals surface area contributed by atoms with Crippen molar-refractivity contribution in [3.05, 3.63) is 48.0 Å². The van der Waals surface area contributed by atoms with Gasteiger partial charge in [0, 0.05) is 18.7 Å². The van der Waals surface area contributed by atoms with Crippen LogP contribution >= 0.6 is 0 Å². The number of carbonyl (C=O) groups excluding carboxylic acids is 1. The molecule has 0 bridgehead atoms. The third kappa shape index (κ3) is 2.94. The van der Waals surface area contributed by atoms with Crippen LogP contribution < -0.4 is 0 Å². The van der Waals surface area contributed by atoms with E-state index in [1.54, 1.807) is 4.90 Å². The maximum atomic E-state index is 12.8. The molecular weight excluding hydrogens is 282 g/mol. The molecule has 1 saturated heterocycles. The van der Waals surface area contributed by atoms with E-state index in [-0.39, 0.29) is 12.3 Å². The maximum absolute atomic E-state index is 12.8. The van der Waals surface area contributed by atoms with Crippen LogP contribution in [0.4, 0.5) is 0 Å². The van der Waals surface area contributed by atoms with Crippen LogP contribution in [0.5, 0.6) is 0 Å². The van der Waals surface area contributed by atoms with E-state index in [0.717, 1.165) is 10.8 Å². The molecule has 1 amide bonds. The van der Waals surface area contributed by atoms with E-state index in [4.69, 9.17) is 9.84 Å². The number of rotatable bonds is 3. The second kappa shape index (κ2) is 6.15. The van der Waals surface area contributed by atoms with Crippen molar-refractivity contribution in [2.24, 2.45) is 0 Å². The molecule has 0 aliphatic carbocycles. The van der Waals surface area contributed by atoms with Gasteiger partial charge in [-0.15, -0.1) is 0 Å². The Morgan fingerprint density at radius 1 is 1.18 bits per heavy atom. The zero-order chi connectivity index (χ0) is 15.5. The van der Waals surface area contributed by atoms with Gasteiger partial charge in [0.2, 0.25) is 0 Å². The number of ether oxygens (including phenoxy) is 1. The van der Waals surface area contributed by atoms with Gasteiger partial charge in [0.15, 0.2) is 0 Å². The Morgan fingerprint density at radius 2 is 1.95 bits per heavy atom. The number of nitrogens with zero attached hydrogens (tertiary/aromatic N) is 1. The summed E-state index contributed by atoms with van der Waals surface area (Å²) in [5, 5.41) is 10.8. The Morgan fingerprint density at radius 3 is 2.77 bits per heavy atom. The maximum Gasteiger partial charge on any atom is 0.306 e. The van der Waals surface area contributed by atoms with Gasteiger partial charge in [-0.2, -0.15) is 0 Å². The van der Waals surface area contributed by atoms with Gasteiger partial charge in [-0.05, 0) is 16.8 Å². The zero-order valence-electron chi connectivity index (χ0n) is 12.1. The average molecular weight is 299 g/mol. The third-order valence-electron chi connectivity index (χ3n) is 3.85. The zero-order valence-corrected chi connectivity index (χ0v) is 12.1. The van der Waals surface area contributed by atoms with Crippen molar-refractivity contribution >= 4 is 22.6 Å². The summed E-state index contributed by atoms with van der Waals surface area (Å²) in [7, 11) is 0. The minimum Gasteiger partial charge on any atom is -0.481 e. The summed E-state index contributed by atoms with van der Waals surface area (Å²) in [6, 6.07) is 13.4. The molecule has 0 aromatic heterocycles. The van der Waals surface area contributed by atoms with Crippen LogP contribution in [-0.4, -0.2) is 47.7 Å². The number of fused-ring (bicyclic) bond motifs is 1. The summed E-state index contributed by atoms with van der Waals surface area (Å²) in [6.07, 6.45) is -0.524. The fourth-order valence-corrected chi connectivity index (χ4v) is 2.80. The van der Waals surface area contributed by atoms with Crippen LogP contribution in [0.3, 0.4) is 0 Å². The van der Waals surface area contributed by atoms with E-state index >= 15 is 0 Å². The molecule has 3 rings (SSSR count). The summed E-state index contributed by atoms with van der Waals surface area (Å²) in [5.41, 5.74) is 0.647. The van der Waals surface area contributed by atoms with E-state index in [9.17, 15) is 9.59 Å². The molecule has 1 aliphatic rings. The highest BCUT2D eigenvalue weighted by Crippen LogP contribution is 2.21. The molecule has 1 atom stereocenters. The SMILES string of the molecule is O=C(O)CC1CN(C(=O)c2cccc3ccccc23)CCO1. The molecule has 5 heteroatoms. The predicted octanol–water partition coefficient (Wildman–Crippen LogP) is 2.16. The molecule has 114 valence electrons. The predicted molar refractivity (Wildman–Crippen MR) is 81.8 cm³/mol. The first-order chi connectivity index (χ1) is 10.6. The molecule has 0 spiro atoms. The molecule has 1 heterocycles. The standard InChI is InChI=1S/C17H17NO4/c19-16(20)10-13-11-18(8-9-22-13)17(21)15-7-3-5-12-4-1-2-6-14(12)15/h1-7,13H,8-11H2,(H,19,20). The van der Waals surface area contributed by atoms with Gasteiger partial charge in [0.1, 0.15) is 0 Å². The summed E-state index contributed by atoms with van der Waals surface area (Å²) >= 11 is 0. The molecule has 1 unspecified atom stereocenters. The Balaban J connectivity index is 1.84. The van der Waals surface area contributed by atoms with Crippen molar-refractivity contribution in [1.29, 1.82) is 0 Å². The third-order valence-corrected chi connectivity index (χ3v) is 3.85. The molecule has 0 saturated carbocycles. The minimum atomic E-state index is -0.913. The normalized spacial score (nSPS) is 18.4. The Kier molecular flexibility index (Phi) is 4.06. The molecule has 2 aromatic rings. The number of hydrogen-bond acceptors (Lipinski definition) is 3. The van der Waals surface area contributed by atoms with Crippen LogP contribution in [0.15, 0.2) is 42.5 Å². The molecular formula is C17H17NO4. The highest BCUT2D eigenvalue weighted by atomic mass is 16.5. The highest BCUT2D eigenvalue weighted by molar-refractivity contribution is 6.07. The van der Waals surface area contributed by atoms with Crippen molar-refractivity contribution in [2.75, 3.05) is 19.7 Å². The van der Waals surface area contributed by atoms with Crippen LogP contribution in [-0.2, 0) is 9.53 Å². The minimum absolute atomic E-state index is 0.0736. The van der Waals surface area contributed by atoms with Gasteiger partial charge >= 0.3 is 5.97 Å². The number of carboxylic acids is 1. The fraction of sp³-hybridized carbons (Fsp3) is 0.294. The van der Waals surface area contributed by atoms with Crippen molar-refractivity contribution in [3.8, 4) is 0 Å². The smallest absolute Gasteiger partial charge is 0.306 e. The van der Waals surface area contributed by atoms with Crippen LogP contribution in [0.1, 0.15) is 16.8 Å². The second-order valence-electron chi connectivity index (χ2n) is 5.37. The largest absolute Gasteiger partial charge is 0.481 e. The van der Waals surface area contributed by atoms with Gasteiger partial charge in [0.05, 0.1) is 19.1 Å². The van der Waals surface area contributed by atoms with E-state index in [0.29, 0.717) is 25.3 Å². The highest BCUT2D eigenvalue weighted by Gasteiger charge is 2.27. The molecule has 1 aliphatic heterocycles. The monoisotopic (exact) mass is 299 g/mol. The topological polar surface area (TPSA) is 66.8 Å². The van der Waals surface area contributed by atoms with E-state index in [1.165, 1.54) is 0 Å². The molecule has 1 N–H and O–H groups in total. The average Bonchev–Trinajstić information content (AvgIpc) is 2.53. The molecule has 1 fully saturated rings. The van der Waals surface area contributed by atoms with Crippen molar-refractivity contribution in [1.82, 2.24) is 4.90 Å². The number of morpholine rings is 1. The summed E-state index contributed by atoms with van der Waals surface area (Å²) in [4.78, 5) is 25.3. The molecule has 2 aromatic carbocycles. The Labute approximate surface area is 128 Å². The van der Waals surface area contributed by atoms with Gasteiger partial charge < -0.3 is 14.7 Å². The van der Waals surface area contributed by atoms with Gasteiger partial charge in [-0.3, -0.25) is 9.59 Å². The van der Waals surface area contributed by atoms with Gasteiger partial charge in [-0.25, -0.2) is 0 Å². The first-order valence-electron chi connectivity index (χ1n) is 7.25. The van der Waals surface area contributed by atoms with E-state index < -0.39 is 12.1 Å². The van der Waals surface area contributed by atoms with E-state index in [1.807, 2.05) is 42.5 Å². The number of benzene rings is 2. The Hall–Kier alpha value is -2.40. The van der Waals surface area contributed by atoms with Gasteiger partial charge in [0.25, 0.3) is 5.91 Å². The lowest BCUT2D eigenvalue weighted by atomic mass is 10.0. The number of carboxylic acid groups (broad SMARTS) is 1. The fourth-order valence-electron chi connectivity index (χ4n) is 2.80. The first kappa shape index (κ1) is 14.5. The van der Waals surface area contributed by atoms with Crippen molar-refractivity contribution < 1.29 is 19.4 Å². The quantitative estimate of drug-likeness (QED) is 0.943. The van der Waals surface area contributed by atoms with Crippen LogP contribution in [0, 0.1) is 0 Å². The first-order valence-corrected chi connectivity index (χ1v) is 7.25. The lowest BCUT2D eigenvalue weighted by Crippen LogP contribution is -2.46. The summed E-state index contributed by atoms with van der Waals surface area (Å²) in [6.45, 7) is 1.17. The number of hydrogen-bond donors (Lipinski definition) is 1.